The molecule has 0 atom stereocenters. The van der Waals surface area contributed by atoms with Gasteiger partial charge in [0, 0.05) is 0 Å². The number of benzene rings is 1. The van der Waals surface area contributed by atoms with Crippen LogP contribution in [-0.4, -0.2) is 10.5 Å². The van der Waals surface area contributed by atoms with Crippen LogP contribution in [0.5, 0.6) is 0 Å². The van der Waals surface area contributed by atoms with Gasteiger partial charge in [0.25, 0.3) is 0 Å². The Morgan fingerprint density at radius 1 is 1.27 bits per heavy atom. The molecule has 0 aliphatic carbocycles. The molecule has 0 unspecified atom stereocenters. The quantitative estimate of drug-likeness (QED) is 0.612. The molecule has 0 radical (unpaired) electrons. The number of thiocarbonyl (C=S) groups is 1. The Kier molecular flexibility index (Phi) is 3.09. The van der Waals surface area contributed by atoms with E-state index in [2.05, 4.69) is 31.2 Å². The van der Waals surface area contributed by atoms with Gasteiger partial charge in [-0.15, -0.1) is 11.8 Å². The molecule has 1 aromatic carbocycles. The third kappa shape index (κ3) is 2.31. The van der Waals surface area contributed by atoms with Crippen LogP contribution in [-0.2, 0) is 0 Å². The van der Waals surface area contributed by atoms with Gasteiger partial charge in [-0.25, -0.2) is 0 Å². The Balaban J connectivity index is 2.90. The summed E-state index contributed by atoms with van der Waals surface area (Å²) in [6.07, 6.45) is 2.00. The molecule has 2 heteroatoms. The summed E-state index contributed by atoms with van der Waals surface area (Å²) >= 11 is 6.74. The summed E-state index contributed by atoms with van der Waals surface area (Å²) in [5.41, 5.74) is 2.43. The summed E-state index contributed by atoms with van der Waals surface area (Å²) in [6, 6.07) is 8.29. The molecule has 0 spiro atoms. The molecule has 0 nitrogen and oxygen atoms in total. The number of thioether (sulfide) groups is 1. The minimum absolute atomic E-state index is 0.963. The van der Waals surface area contributed by atoms with Crippen LogP contribution < -0.4 is 0 Å². The maximum Gasteiger partial charge on any atom is 0.0775 e. The highest BCUT2D eigenvalue weighted by molar-refractivity contribution is 8.23. The number of rotatable bonds is 1. The maximum absolute atomic E-state index is 5.13. The highest BCUT2D eigenvalue weighted by Crippen LogP contribution is 2.11. The third-order valence-corrected chi connectivity index (χ3v) is 2.81. The predicted octanol–water partition coefficient (Wildman–Crippen LogP) is 3.03. The van der Waals surface area contributed by atoms with E-state index in [0.29, 0.717) is 0 Å². The molecular weight excluding hydrogens is 172 g/mol. The fraction of sp³-hybridized carbons (Fsp3) is 0.222. The van der Waals surface area contributed by atoms with Crippen molar-refractivity contribution in [2.75, 3.05) is 6.26 Å². The Labute approximate surface area is 77.0 Å². The summed E-state index contributed by atoms with van der Waals surface area (Å²) in [5.74, 6) is 0. The normalized spacial score (nSPS) is 9.64. The van der Waals surface area contributed by atoms with Gasteiger partial charge in [0.15, 0.2) is 0 Å². The van der Waals surface area contributed by atoms with E-state index in [4.69, 9.17) is 12.2 Å². The smallest absolute Gasteiger partial charge is 0.0775 e. The van der Waals surface area contributed by atoms with Crippen molar-refractivity contribution in [2.24, 2.45) is 0 Å². The fourth-order valence-corrected chi connectivity index (χ4v) is 1.32. The molecule has 0 saturated carbocycles. The lowest BCUT2D eigenvalue weighted by atomic mass is 10.2. The van der Waals surface area contributed by atoms with E-state index < -0.39 is 0 Å². The van der Waals surface area contributed by atoms with Crippen molar-refractivity contribution in [3.8, 4) is 0 Å². The molecule has 0 aliphatic rings. The van der Waals surface area contributed by atoms with Crippen LogP contribution in [0.4, 0.5) is 0 Å². The van der Waals surface area contributed by atoms with E-state index in [0.717, 1.165) is 9.76 Å². The van der Waals surface area contributed by atoms with Crippen molar-refractivity contribution in [2.45, 2.75) is 6.92 Å². The first-order valence-corrected chi connectivity index (χ1v) is 5.02. The summed E-state index contributed by atoms with van der Waals surface area (Å²) in [5, 5.41) is 0. The van der Waals surface area contributed by atoms with Crippen molar-refractivity contribution in [1.29, 1.82) is 0 Å². The molecule has 0 saturated heterocycles. The van der Waals surface area contributed by atoms with Crippen LogP contribution in [0, 0.1) is 6.92 Å². The zero-order chi connectivity index (χ0) is 8.27. The molecule has 1 aromatic rings. The van der Waals surface area contributed by atoms with Gasteiger partial charge in [-0.05, 0) is 18.7 Å². The molecule has 0 heterocycles. The second kappa shape index (κ2) is 3.88. The second-order valence-electron chi connectivity index (χ2n) is 2.36. The van der Waals surface area contributed by atoms with Crippen LogP contribution in [0.15, 0.2) is 24.3 Å². The van der Waals surface area contributed by atoms with Gasteiger partial charge in [0.05, 0.1) is 4.20 Å². The molecule has 0 aromatic heterocycles. The average Bonchev–Trinajstić information content (AvgIpc) is 2.05. The predicted molar refractivity (Wildman–Crippen MR) is 56.4 cm³/mol. The van der Waals surface area contributed by atoms with Gasteiger partial charge in [-0.1, -0.05) is 42.0 Å². The zero-order valence-electron chi connectivity index (χ0n) is 6.63. The lowest BCUT2D eigenvalue weighted by Gasteiger charge is -1.99. The standard InChI is InChI=1S/C9H10S2/c1-7-3-5-8(6-4-7)9(10)11-2/h3-6H,1-2H3. The maximum atomic E-state index is 5.13. The van der Waals surface area contributed by atoms with Crippen molar-refractivity contribution in [1.82, 2.24) is 0 Å². The highest BCUT2D eigenvalue weighted by Gasteiger charge is 1.96. The topological polar surface area (TPSA) is 0 Å². The van der Waals surface area contributed by atoms with Gasteiger partial charge < -0.3 is 0 Å². The molecule has 0 fully saturated rings. The highest BCUT2D eigenvalue weighted by atomic mass is 32.2. The summed E-state index contributed by atoms with van der Waals surface area (Å²) in [6.45, 7) is 2.08. The molecule has 0 amide bonds. The van der Waals surface area contributed by atoms with Gasteiger partial charge in [-0.3, -0.25) is 0 Å². The first-order valence-electron chi connectivity index (χ1n) is 3.39. The first kappa shape index (κ1) is 8.75. The molecule has 58 valence electrons. The first-order chi connectivity index (χ1) is 5.24. The van der Waals surface area contributed by atoms with E-state index in [9.17, 15) is 0 Å². The average molecular weight is 182 g/mol. The minimum atomic E-state index is 0.963. The van der Waals surface area contributed by atoms with Crippen LogP contribution in [0.3, 0.4) is 0 Å². The largest absolute Gasteiger partial charge is 0.117 e. The Hall–Kier alpha value is -0.340. The molecule has 0 aliphatic heterocycles. The number of hydrogen-bond donors (Lipinski definition) is 0. The van der Waals surface area contributed by atoms with Gasteiger partial charge in [0.2, 0.25) is 0 Å². The number of aryl methyl sites for hydroxylation is 1. The van der Waals surface area contributed by atoms with Crippen molar-refractivity contribution in [3.05, 3.63) is 35.4 Å². The van der Waals surface area contributed by atoms with Gasteiger partial charge >= 0.3 is 0 Å². The lowest BCUT2D eigenvalue weighted by Crippen LogP contribution is -1.89. The molecule has 0 N–H and O–H groups in total. The van der Waals surface area contributed by atoms with E-state index in [1.54, 1.807) is 11.8 Å². The van der Waals surface area contributed by atoms with Crippen LogP contribution in [0.1, 0.15) is 11.1 Å². The van der Waals surface area contributed by atoms with E-state index in [1.807, 2.05) is 6.26 Å². The molecule has 1 rings (SSSR count). The Morgan fingerprint density at radius 2 is 1.82 bits per heavy atom. The SMILES string of the molecule is CSC(=S)c1ccc(C)cc1. The fourth-order valence-electron chi connectivity index (χ4n) is 0.807. The number of hydrogen-bond acceptors (Lipinski definition) is 2. The van der Waals surface area contributed by atoms with Crippen LogP contribution >= 0.6 is 24.0 Å². The summed E-state index contributed by atoms with van der Waals surface area (Å²) < 4.78 is 0.963. The second-order valence-corrected chi connectivity index (χ2v) is 3.84. The van der Waals surface area contributed by atoms with E-state index in [-0.39, 0.29) is 0 Å². The van der Waals surface area contributed by atoms with E-state index in [1.165, 1.54) is 5.56 Å². The Bertz CT molecular complexity index is 249. The van der Waals surface area contributed by atoms with Gasteiger partial charge in [-0.2, -0.15) is 0 Å². The molecular formula is C9H10S2. The third-order valence-electron chi connectivity index (χ3n) is 1.47. The lowest BCUT2D eigenvalue weighted by molar-refractivity contribution is 1.47. The van der Waals surface area contributed by atoms with E-state index >= 15 is 0 Å². The van der Waals surface area contributed by atoms with Crippen LogP contribution in [0.2, 0.25) is 0 Å². The minimum Gasteiger partial charge on any atom is -0.117 e. The summed E-state index contributed by atoms with van der Waals surface area (Å²) in [4.78, 5) is 0. The molecule has 0 bridgehead atoms. The van der Waals surface area contributed by atoms with Crippen molar-refractivity contribution in [3.63, 3.8) is 0 Å². The monoisotopic (exact) mass is 182 g/mol. The van der Waals surface area contributed by atoms with Crippen LogP contribution in [0.25, 0.3) is 0 Å². The zero-order valence-corrected chi connectivity index (χ0v) is 8.26. The molecule has 11 heavy (non-hydrogen) atoms. The summed E-state index contributed by atoms with van der Waals surface area (Å²) in [7, 11) is 0. The van der Waals surface area contributed by atoms with Crippen molar-refractivity contribution < 1.29 is 0 Å². The van der Waals surface area contributed by atoms with Gasteiger partial charge in [0.1, 0.15) is 0 Å². The Morgan fingerprint density at radius 3 is 2.27 bits per heavy atom. The van der Waals surface area contributed by atoms with Crippen molar-refractivity contribution >= 4 is 28.2 Å².